The van der Waals surface area contributed by atoms with Crippen LogP contribution >= 0.6 is 0 Å². The fourth-order valence-electron chi connectivity index (χ4n) is 5.41. The molecule has 2 saturated carbocycles. The molecule has 1 aromatic carbocycles. The van der Waals surface area contributed by atoms with Crippen LogP contribution < -0.4 is 5.32 Å². The van der Waals surface area contributed by atoms with E-state index in [1.807, 2.05) is 24.3 Å². The number of hydrogen-bond donors (Lipinski definition) is 1. The number of fused-ring (bicyclic) bond motifs is 2. The molecule has 0 amide bonds. The van der Waals surface area contributed by atoms with Crippen molar-refractivity contribution in [2.75, 3.05) is 13.1 Å². The summed E-state index contributed by atoms with van der Waals surface area (Å²) >= 11 is 0. The van der Waals surface area contributed by atoms with Gasteiger partial charge < -0.3 is 5.32 Å². The van der Waals surface area contributed by atoms with Crippen LogP contribution in [-0.2, 0) is 16.6 Å². The molecule has 1 N–H and O–H groups in total. The van der Waals surface area contributed by atoms with Crippen LogP contribution in [0.4, 0.5) is 0 Å². The van der Waals surface area contributed by atoms with Crippen LogP contribution in [0.5, 0.6) is 0 Å². The van der Waals surface area contributed by atoms with Gasteiger partial charge in [-0.05, 0) is 67.2 Å². The first-order valence-corrected chi connectivity index (χ1v) is 12.3. The number of nitrogens with one attached hydrogen (secondary N) is 1. The summed E-state index contributed by atoms with van der Waals surface area (Å²) in [6.45, 7) is 2.05. The van der Waals surface area contributed by atoms with Crippen molar-refractivity contribution in [3.8, 4) is 11.1 Å². The number of sulfonamides is 1. The Morgan fingerprint density at radius 3 is 2.52 bits per heavy atom. The van der Waals surface area contributed by atoms with E-state index in [1.54, 1.807) is 10.5 Å². The molecule has 2 aromatic rings. The minimum atomic E-state index is -3.54. The van der Waals surface area contributed by atoms with Gasteiger partial charge in [-0.1, -0.05) is 30.7 Å². The van der Waals surface area contributed by atoms with Crippen molar-refractivity contribution in [2.24, 2.45) is 11.8 Å². The van der Waals surface area contributed by atoms with Crippen LogP contribution in [0.2, 0.25) is 0 Å². The zero-order valence-electron chi connectivity index (χ0n) is 16.8. The third-order valence-corrected chi connectivity index (χ3v) is 8.85. The zero-order valence-corrected chi connectivity index (χ0v) is 17.6. The predicted molar refractivity (Wildman–Crippen MR) is 114 cm³/mol. The molecule has 2 heterocycles. The minimum absolute atomic E-state index is 0.176. The van der Waals surface area contributed by atoms with Crippen LogP contribution in [0.3, 0.4) is 0 Å². The van der Waals surface area contributed by atoms with E-state index in [2.05, 4.69) is 22.4 Å². The van der Waals surface area contributed by atoms with Crippen LogP contribution in [0, 0.1) is 11.8 Å². The van der Waals surface area contributed by atoms with Gasteiger partial charge in [-0.15, -0.1) is 0 Å². The van der Waals surface area contributed by atoms with Gasteiger partial charge in [0.25, 0.3) is 10.0 Å². The molecule has 0 radical (unpaired) electrons. The Hall–Kier alpha value is -1.76. The number of nitrogens with zero attached hydrogens (tertiary/aromatic N) is 2. The third kappa shape index (κ3) is 3.74. The first-order chi connectivity index (χ1) is 14.1. The Balaban J connectivity index is 1.32. The van der Waals surface area contributed by atoms with Crippen molar-refractivity contribution < 1.29 is 8.42 Å². The Morgan fingerprint density at radius 2 is 1.83 bits per heavy atom. The first-order valence-electron chi connectivity index (χ1n) is 10.9. The van der Waals surface area contributed by atoms with Crippen LogP contribution in [0.25, 0.3) is 11.1 Å². The van der Waals surface area contributed by atoms with E-state index in [0.717, 1.165) is 36.8 Å². The van der Waals surface area contributed by atoms with Gasteiger partial charge in [0.15, 0.2) is 5.03 Å². The highest BCUT2D eigenvalue weighted by atomic mass is 32.2. The predicted octanol–water partition coefficient (Wildman–Crippen LogP) is 3.81. The van der Waals surface area contributed by atoms with Gasteiger partial charge in [0.1, 0.15) is 0 Å². The number of aromatic nitrogens is 1. The Morgan fingerprint density at radius 1 is 1.03 bits per heavy atom. The molecule has 154 valence electrons. The molecule has 1 aromatic heterocycles. The van der Waals surface area contributed by atoms with Gasteiger partial charge in [-0.25, -0.2) is 13.4 Å². The van der Waals surface area contributed by atoms with Gasteiger partial charge in [0, 0.05) is 37.4 Å². The maximum atomic E-state index is 13.1. The fraction of sp³-hybridized carbons (Fsp3) is 0.522. The third-order valence-electron chi connectivity index (χ3n) is 6.99. The number of hydrogen-bond acceptors (Lipinski definition) is 4. The molecule has 2 aliphatic carbocycles. The molecule has 2 bridgehead atoms. The van der Waals surface area contributed by atoms with Crippen molar-refractivity contribution in [3.63, 3.8) is 0 Å². The zero-order chi connectivity index (χ0) is 19.8. The maximum absolute atomic E-state index is 13.1. The molecule has 0 spiro atoms. The van der Waals surface area contributed by atoms with Crippen LogP contribution in [0.15, 0.2) is 47.6 Å². The molecule has 6 heteroatoms. The van der Waals surface area contributed by atoms with Gasteiger partial charge in [0.2, 0.25) is 0 Å². The minimum Gasteiger partial charge on any atom is -0.310 e. The molecular weight excluding hydrogens is 382 g/mol. The second-order valence-electron chi connectivity index (χ2n) is 8.83. The van der Waals surface area contributed by atoms with Gasteiger partial charge >= 0.3 is 0 Å². The number of benzene rings is 1. The molecule has 1 unspecified atom stereocenters. The van der Waals surface area contributed by atoms with Crippen molar-refractivity contribution in [1.29, 1.82) is 0 Å². The monoisotopic (exact) mass is 411 g/mol. The molecule has 1 aliphatic heterocycles. The van der Waals surface area contributed by atoms with E-state index >= 15 is 0 Å². The summed E-state index contributed by atoms with van der Waals surface area (Å²) in [6.07, 6.45) is 8.96. The smallest absolute Gasteiger partial charge is 0.261 e. The number of pyridine rings is 1. The highest BCUT2D eigenvalue weighted by Crippen LogP contribution is 2.44. The van der Waals surface area contributed by atoms with Gasteiger partial charge in [0.05, 0.1) is 0 Å². The Kier molecular flexibility index (Phi) is 5.18. The average Bonchev–Trinajstić information content (AvgIpc) is 3.51. The second kappa shape index (κ2) is 7.82. The van der Waals surface area contributed by atoms with E-state index in [1.165, 1.54) is 31.2 Å². The lowest BCUT2D eigenvalue weighted by Gasteiger charge is -2.23. The maximum Gasteiger partial charge on any atom is 0.261 e. The van der Waals surface area contributed by atoms with Crippen molar-refractivity contribution >= 4 is 10.0 Å². The average molecular weight is 412 g/mol. The van der Waals surface area contributed by atoms with E-state index in [9.17, 15) is 8.42 Å². The van der Waals surface area contributed by atoms with E-state index in [0.29, 0.717) is 24.7 Å². The highest BCUT2D eigenvalue weighted by molar-refractivity contribution is 7.89. The lowest BCUT2D eigenvalue weighted by atomic mass is 9.95. The largest absolute Gasteiger partial charge is 0.310 e. The summed E-state index contributed by atoms with van der Waals surface area (Å²) in [5.74, 6) is 1.81. The molecule has 5 rings (SSSR count). The van der Waals surface area contributed by atoms with Crippen molar-refractivity contribution in [2.45, 2.75) is 56.1 Å². The Labute approximate surface area is 173 Å². The van der Waals surface area contributed by atoms with E-state index in [-0.39, 0.29) is 5.03 Å². The van der Waals surface area contributed by atoms with Crippen LogP contribution in [0.1, 0.15) is 44.1 Å². The SMILES string of the molecule is O=S(=O)(c1ncccc1-c1ccc(CNC2C[C@@H]3CC[C@@H]2C3)cc1)N1CCCC1. The summed E-state index contributed by atoms with van der Waals surface area (Å²) < 4.78 is 27.7. The standard InChI is InChI=1S/C23H29N3O2S/c27-29(28,26-12-1-2-13-26)23-21(4-3-11-24-23)19-8-5-17(6-9-19)16-25-22-15-18-7-10-20(22)14-18/h3-6,8-9,11,18,20,22,25H,1-2,7,10,12-16H2/t18-,20-,22?/m1/s1. The highest BCUT2D eigenvalue weighted by Gasteiger charge is 2.39. The summed E-state index contributed by atoms with van der Waals surface area (Å²) in [7, 11) is -3.54. The van der Waals surface area contributed by atoms with E-state index in [4.69, 9.17) is 0 Å². The second-order valence-corrected chi connectivity index (χ2v) is 10.7. The van der Waals surface area contributed by atoms with Gasteiger partial charge in [-0.3, -0.25) is 0 Å². The van der Waals surface area contributed by atoms with Crippen molar-refractivity contribution in [1.82, 2.24) is 14.6 Å². The van der Waals surface area contributed by atoms with Gasteiger partial charge in [-0.2, -0.15) is 4.31 Å². The van der Waals surface area contributed by atoms with Crippen LogP contribution in [-0.4, -0.2) is 36.8 Å². The quantitative estimate of drug-likeness (QED) is 0.785. The fourth-order valence-corrected chi connectivity index (χ4v) is 7.05. The molecule has 3 aliphatic rings. The summed E-state index contributed by atoms with van der Waals surface area (Å²) in [4.78, 5) is 4.26. The summed E-state index contributed by atoms with van der Waals surface area (Å²) in [5, 5.41) is 3.92. The molecule has 5 nitrogen and oxygen atoms in total. The summed E-state index contributed by atoms with van der Waals surface area (Å²) in [5.41, 5.74) is 2.83. The molecular formula is C23H29N3O2S. The molecule has 3 atom stereocenters. The van der Waals surface area contributed by atoms with Crippen molar-refractivity contribution in [3.05, 3.63) is 48.2 Å². The molecule has 29 heavy (non-hydrogen) atoms. The lowest BCUT2D eigenvalue weighted by molar-refractivity contribution is 0.351. The lowest BCUT2D eigenvalue weighted by Crippen LogP contribution is -2.33. The first kappa shape index (κ1) is 19.2. The Bertz CT molecular complexity index is 968. The normalized spacial score (nSPS) is 27.0. The van der Waals surface area contributed by atoms with E-state index < -0.39 is 10.0 Å². The molecule has 3 fully saturated rings. The number of rotatable bonds is 6. The topological polar surface area (TPSA) is 62.3 Å². The summed E-state index contributed by atoms with van der Waals surface area (Å²) in [6, 6.07) is 12.6. The molecule has 1 saturated heterocycles.